The first-order valence-electron chi connectivity index (χ1n) is 11.2. The van der Waals surface area contributed by atoms with Crippen molar-refractivity contribution in [3.05, 3.63) is 59.9 Å². The molecular formula is C25H27N3O6. The molecule has 0 radical (unpaired) electrons. The maximum absolute atomic E-state index is 12.5. The standard InChI is InChI=1S/C25H27N3O6/c1-14-22(27-25(31)33-15(2)17-7-5-4-6-8-17)23(34-28-14)19-11-12-20(26-13-19)32-16(3)21(24(29)30)18-9-10-18/h4-8,11-13,15-16,18,21H,9-10H2,1-3H3,(H,27,31)(H,29,30). The van der Waals surface area contributed by atoms with E-state index >= 15 is 0 Å². The quantitative estimate of drug-likeness (QED) is 0.440. The van der Waals surface area contributed by atoms with Crippen LogP contribution in [-0.4, -0.2) is 33.4 Å². The molecule has 4 rings (SSSR count). The summed E-state index contributed by atoms with van der Waals surface area (Å²) in [4.78, 5) is 28.3. The summed E-state index contributed by atoms with van der Waals surface area (Å²) in [6.45, 7) is 5.24. The van der Waals surface area contributed by atoms with Crippen LogP contribution in [0.4, 0.5) is 10.5 Å². The lowest BCUT2D eigenvalue weighted by Gasteiger charge is -2.20. The molecule has 0 bridgehead atoms. The molecule has 2 heterocycles. The number of nitrogens with zero attached hydrogens (tertiary/aromatic N) is 2. The van der Waals surface area contributed by atoms with Gasteiger partial charge in [-0.1, -0.05) is 35.5 Å². The molecule has 0 spiro atoms. The molecule has 0 saturated heterocycles. The molecule has 1 amide bonds. The molecular weight excluding hydrogens is 438 g/mol. The van der Waals surface area contributed by atoms with Crippen molar-refractivity contribution >= 4 is 17.7 Å². The van der Waals surface area contributed by atoms with Crippen LogP contribution in [0.15, 0.2) is 53.2 Å². The Morgan fingerprint density at radius 2 is 1.88 bits per heavy atom. The number of anilines is 1. The summed E-state index contributed by atoms with van der Waals surface area (Å²) in [5.74, 6) is -0.617. The van der Waals surface area contributed by atoms with E-state index in [4.69, 9.17) is 14.0 Å². The molecule has 3 atom stereocenters. The van der Waals surface area contributed by atoms with Crippen molar-refractivity contribution in [3.8, 4) is 17.2 Å². The molecule has 178 valence electrons. The van der Waals surface area contributed by atoms with Crippen molar-refractivity contribution in [1.82, 2.24) is 10.1 Å². The molecule has 2 N–H and O–H groups in total. The van der Waals surface area contributed by atoms with Crippen LogP contribution in [0.5, 0.6) is 5.88 Å². The number of carboxylic acids is 1. The molecule has 1 saturated carbocycles. The van der Waals surface area contributed by atoms with Gasteiger partial charge in [-0.2, -0.15) is 0 Å². The second-order valence-electron chi connectivity index (χ2n) is 8.46. The number of aryl methyl sites for hydroxylation is 1. The van der Waals surface area contributed by atoms with E-state index in [-0.39, 0.29) is 5.92 Å². The van der Waals surface area contributed by atoms with E-state index in [0.717, 1.165) is 18.4 Å². The SMILES string of the molecule is Cc1noc(-c2ccc(OC(C)C(C(=O)O)C3CC3)nc2)c1NC(=O)OC(C)c1ccccc1. The number of ether oxygens (including phenoxy) is 2. The fourth-order valence-corrected chi connectivity index (χ4v) is 3.89. The Morgan fingerprint density at radius 1 is 1.15 bits per heavy atom. The number of carbonyl (C=O) groups is 2. The minimum absolute atomic E-state index is 0.155. The number of amides is 1. The smallest absolute Gasteiger partial charge is 0.412 e. The van der Waals surface area contributed by atoms with Gasteiger partial charge in [-0.15, -0.1) is 0 Å². The van der Waals surface area contributed by atoms with Gasteiger partial charge in [0.1, 0.15) is 23.6 Å². The Kier molecular flexibility index (Phi) is 6.81. The lowest BCUT2D eigenvalue weighted by Crippen LogP contribution is -2.32. The topological polar surface area (TPSA) is 124 Å². The number of hydrogen-bond acceptors (Lipinski definition) is 7. The highest BCUT2D eigenvalue weighted by Crippen LogP contribution is 2.39. The van der Waals surface area contributed by atoms with Crippen LogP contribution in [0.2, 0.25) is 0 Å². The Labute approximate surface area is 197 Å². The van der Waals surface area contributed by atoms with Gasteiger partial charge in [-0.25, -0.2) is 9.78 Å². The normalized spacial score (nSPS) is 15.7. The lowest BCUT2D eigenvalue weighted by atomic mass is 9.98. The predicted molar refractivity (Wildman–Crippen MR) is 123 cm³/mol. The third-order valence-electron chi connectivity index (χ3n) is 5.87. The van der Waals surface area contributed by atoms with Gasteiger partial charge >= 0.3 is 12.1 Å². The number of benzene rings is 1. The van der Waals surface area contributed by atoms with Crippen LogP contribution in [0, 0.1) is 18.8 Å². The zero-order valence-electron chi connectivity index (χ0n) is 19.2. The average Bonchev–Trinajstić information content (AvgIpc) is 3.58. The molecule has 1 fully saturated rings. The zero-order valence-corrected chi connectivity index (χ0v) is 19.2. The first-order chi connectivity index (χ1) is 16.3. The molecule has 3 aromatic rings. The summed E-state index contributed by atoms with van der Waals surface area (Å²) in [5.41, 5.74) is 2.32. The van der Waals surface area contributed by atoms with Gasteiger partial charge in [0.25, 0.3) is 0 Å². The van der Waals surface area contributed by atoms with Gasteiger partial charge in [0.15, 0.2) is 5.76 Å². The fraction of sp³-hybridized carbons (Fsp3) is 0.360. The van der Waals surface area contributed by atoms with Crippen LogP contribution < -0.4 is 10.1 Å². The monoisotopic (exact) mass is 465 g/mol. The van der Waals surface area contributed by atoms with Crippen molar-refractivity contribution in [1.29, 1.82) is 0 Å². The van der Waals surface area contributed by atoms with E-state index in [9.17, 15) is 14.7 Å². The van der Waals surface area contributed by atoms with Crippen LogP contribution in [-0.2, 0) is 9.53 Å². The Morgan fingerprint density at radius 3 is 2.50 bits per heavy atom. The van der Waals surface area contributed by atoms with E-state index in [0.29, 0.717) is 28.6 Å². The first-order valence-corrected chi connectivity index (χ1v) is 11.2. The van der Waals surface area contributed by atoms with E-state index in [1.54, 1.807) is 32.9 Å². The largest absolute Gasteiger partial charge is 0.481 e. The summed E-state index contributed by atoms with van der Waals surface area (Å²) in [7, 11) is 0. The van der Waals surface area contributed by atoms with Crippen molar-refractivity contribution < 1.29 is 28.7 Å². The molecule has 9 nitrogen and oxygen atoms in total. The average molecular weight is 466 g/mol. The van der Waals surface area contributed by atoms with Crippen LogP contribution >= 0.6 is 0 Å². The summed E-state index contributed by atoms with van der Waals surface area (Å²) >= 11 is 0. The first kappa shape index (κ1) is 23.3. The third-order valence-corrected chi connectivity index (χ3v) is 5.87. The highest BCUT2D eigenvalue weighted by molar-refractivity contribution is 5.90. The van der Waals surface area contributed by atoms with Crippen LogP contribution in [0.1, 0.15) is 44.1 Å². The van der Waals surface area contributed by atoms with E-state index in [1.165, 1.54) is 6.20 Å². The molecule has 9 heteroatoms. The molecule has 1 aromatic carbocycles. The minimum atomic E-state index is -0.854. The summed E-state index contributed by atoms with van der Waals surface area (Å²) in [6.07, 6.45) is 1.77. The van der Waals surface area contributed by atoms with Gasteiger partial charge in [-0.05, 0) is 51.2 Å². The van der Waals surface area contributed by atoms with Crippen LogP contribution in [0.25, 0.3) is 11.3 Å². The zero-order chi connectivity index (χ0) is 24.2. The maximum Gasteiger partial charge on any atom is 0.412 e. The number of rotatable bonds is 9. The molecule has 1 aliphatic rings. The number of pyridine rings is 1. The second kappa shape index (κ2) is 9.94. The van der Waals surface area contributed by atoms with Crippen molar-refractivity contribution in [2.75, 3.05) is 5.32 Å². The van der Waals surface area contributed by atoms with Crippen LogP contribution in [0.3, 0.4) is 0 Å². The number of carboxylic acid groups (broad SMARTS) is 1. The summed E-state index contributed by atoms with van der Waals surface area (Å²) in [5, 5.41) is 16.1. The molecule has 1 aliphatic carbocycles. The molecule has 0 aliphatic heterocycles. The highest BCUT2D eigenvalue weighted by Gasteiger charge is 2.41. The fourth-order valence-electron chi connectivity index (χ4n) is 3.89. The van der Waals surface area contributed by atoms with Crippen molar-refractivity contribution in [3.63, 3.8) is 0 Å². The third kappa shape index (κ3) is 5.36. The second-order valence-corrected chi connectivity index (χ2v) is 8.46. The van der Waals surface area contributed by atoms with E-state index in [2.05, 4.69) is 15.5 Å². The van der Waals surface area contributed by atoms with Crippen molar-refractivity contribution in [2.24, 2.45) is 11.8 Å². The van der Waals surface area contributed by atoms with Gasteiger partial charge in [0.2, 0.25) is 5.88 Å². The van der Waals surface area contributed by atoms with Gasteiger partial charge in [0.05, 0.1) is 5.92 Å². The maximum atomic E-state index is 12.5. The molecule has 3 unspecified atom stereocenters. The summed E-state index contributed by atoms with van der Waals surface area (Å²) < 4.78 is 16.7. The van der Waals surface area contributed by atoms with Crippen molar-refractivity contribution in [2.45, 2.75) is 45.8 Å². The number of aliphatic carboxylic acids is 1. The predicted octanol–water partition coefficient (Wildman–Crippen LogP) is 5.23. The Bertz CT molecular complexity index is 1140. The number of carbonyl (C=O) groups excluding carboxylic acids is 1. The minimum Gasteiger partial charge on any atom is -0.481 e. The van der Waals surface area contributed by atoms with E-state index in [1.807, 2.05) is 30.3 Å². The molecule has 2 aromatic heterocycles. The van der Waals surface area contributed by atoms with E-state index < -0.39 is 30.2 Å². The number of aromatic nitrogens is 2. The Balaban J connectivity index is 1.43. The van der Waals surface area contributed by atoms with Gasteiger partial charge in [0, 0.05) is 17.8 Å². The number of hydrogen-bond donors (Lipinski definition) is 2. The lowest BCUT2D eigenvalue weighted by molar-refractivity contribution is -0.145. The Hall–Kier alpha value is -3.88. The van der Waals surface area contributed by atoms with Gasteiger partial charge < -0.3 is 19.1 Å². The van der Waals surface area contributed by atoms with Gasteiger partial charge in [-0.3, -0.25) is 10.1 Å². The number of nitrogens with one attached hydrogen (secondary N) is 1. The molecule has 34 heavy (non-hydrogen) atoms. The highest BCUT2D eigenvalue weighted by atomic mass is 16.6. The summed E-state index contributed by atoms with van der Waals surface area (Å²) in [6, 6.07) is 12.8.